The van der Waals surface area contributed by atoms with Gasteiger partial charge in [0.1, 0.15) is 0 Å². The fourth-order valence-corrected chi connectivity index (χ4v) is 4.83. The third kappa shape index (κ3) is 3.57. The van der Waals surface area contributed by atoms with Crippen molar-refractivity contribution in [3.63, 3.8) is 0 Å². The fourth-order valence-electron chi connectivity index (χ4n) is 2.86. The smallest absolute Gasteiger partial charge is 0.240 e. The van der Waals surface area contributed by atoms with Crippen LogP contribution in [0, 0.1) is 0 Å². The van der Waals surface area contributed by atoms with Crippen molar-refractivity contribution in [3.8, 4) is 0 Å². The largest absolute Gasteiger partial charge is 0.360 e. The number of para-hydroxylation sites is 1. The lowest BCUT2D eigenvalue weighted by Crippen LogP contribution is -2.40. The zero-order valence-corrected chi connectivity index (χ0v) is 15.8. The van der Waals surface area contributed by atoms with Crippen LogP contribution in [0.25, 0.3) is 0 Å². The molecule has 5 nitrogen and oxygen atoms in total. The molecule has 1 aromatic heterocycles. The summed E-state index contributed by atoms with van der Waals surface area (Å²) in [6, 6.07) is 8.36. The summed E-state index contributed by atoms with van der Waals surface area (Å²) in [5.41, 5.74) is 2.29. The number of benzene rings is 1. The molecule has 1 aliphatic rings. The van der Waals surface area contributed by atoms with E-state index in [1.807, 2.05) is 30.0 Å². The Morgan fingerprint density at radius 2 is 2.25 bits per heavy atom. The maximum atomic E-state index is 12.9. The standard InChI is InChI=1S/C17H22N4OS2/c1-4-9-18-16-19-20-17(24-16)23-12(3)15(22)21-11(2)10-13-7-5-6-8-14(13)21/h5-8,11-12H,4,9-10H2,1-3H3,(H,18,19). The molecule has 1 aromatic carbocycles. The number of nitrogens with one attached hydrogen (secondary N) is 1. The van der Waals surface area contributed by atoms with E-state index >= 15 is 0 Å². The summed E-state index contributed by atoms with van der Waals surface area (Å²) >= 11 is 2.99. The lowest BCUT2D eigenvalue weighted by Gasteiger charge is -2.25. The molecule has 2 unspecified atom stereocenters. The van der Waals surface area contributed by atoms with Crippen LogP contribution in [-0.2, 0) is 11.2 Å². The van der Waals surface area contributed by atoms with E-state index in [2.05, 4.69) is 35.4 Å². The van der Waals surface area contributed by atoms with Gasteiger partial charge in [-0.1, -0.05) is 48.2 Å². The molecule has 0 spiro atoms. The van der Waals surface area contributed by atoms with Gasteiger partial charge in [0, 0.05) is 18.3 Å². The van der Waals surface area contributed by atoms with Crippen LogP contribution in [0.2, 0.25) is 0 Å². The summed E-state index contributed by atoms with van der Waals surface area (Å²) in [6.45, 7) is 7.05. The van der Waals surface area contributed by atoms with Crippen LogP contribution in [0.15, 0.2) is 28.6 Å². The average Bonchev–Trinajstić information content (AvgIpc) is 3.15. The number of hydrogen-bond acceptors (Lipinski definition) is 6. The zero-order valence-electron chi connectivity index (χ0n) is 14.2. The topological polar surface area (TPSA) is 58.1 Å². The highest BCUT2D eigenvalue weighted by atomic mass is 32.2. The number of thioether (sulfide) groups is 1. The maximum Gasteiger partial charge on any atom is 0.240 e. The summed E-state index contributed by atoms with van der Waals surface area (Å²) in [5.74, 6) is 0.135. The van der Waals surface area contributed by atoms with Gasteiger partial charge in [0.25, 0.3) is 0 Å². The number of anilines is 2. The molecule has 3 rings (SSSR count). The molecule has 24 heavy (non-hydrogen) atoms. The second kappa shape index (κ2) is 7.53. The van der Waals surface area contributed by atoms with Crippen LogP contribution in [0.4, 0.5) is 10.8 Å². The van der Waals surface area contributed by atoms with Gasteiger partial charge in [-0.05, 0) is 38.3 Å². The summed E-state index contributed by atoms with van der Waals surface area (Å²) in [7, 11) is 0. The van der Waals surface area contributed by atoms with Crippen molar-refractivity contribution >= 4 is 39.8 Å². The number of aromatic nitrogens is 2. The van der Waals surface area contributed by atoms with Gasteiger partial charge < -0.3 is 10.2 Å². The molecule has 1 amide bonds. The van der Waals surface area contributed by atoms with Crippen LogP contribution >= 0.6 is 23.1 Å². The molecule has 0 aliphatic carbocycles. The van der Waals surface area contributed by atoms with E-state index < -0.39 is 0 Å². The molecule has 1 N–H and O–H groups in total. The lowest BCUT2D eigenvalue weighted by molar-refractivity contribution is -0.118. The highest BCUT2D eigenvalue weighted by molar-refractivity contribution is 8.02. The normalized spacial score (nSPS) is 17.6. The zero-order chi connectivity index (χ0) is 17.1. The number of fused-ring (bicyclic) bond motifs is 1. The van der Waals surface area contributed by atoms with Gasteiger partial charge in [-0.2, -0.15) is 0 Å². The van der Waals surface area contributed by atoms with Crippen LogP contribution in [-0.4, -0.2) is 33.9 Å². The van der Waals surface area contributed by atoms with Crippen molar-refractivity contribution in [1.29, 1.82) is 0 Å². The van der Waals surface area contributed by atoms with Crippen molar-refractivity contribution < 1.29 is 4.79 Å². The first-order valence-corrected chi connectivity index (χ1v) is 9.94. The predicted octanol–water partition coefficient (Wildman–Crippen LogP) is 3.82. The Balaban J connectivity index is 1.68. The van der Waals surface area contributed by atoms with E-state index in [0.717, 1.165) is 34.5 Å². The van der Waals surface area contributed by atoms with Crippen molar-refractivity contribution in [2.75, 3.05) is 16.8 Å². The molecule has 7 heteroatoms. The third-order valence-electron chi connectivity index (χ3n) is 4.00. The Morgan fingerprint density at radius 3 is 3.04 bits per heavy atom. The molecular weight excluding hydrogens is 340 g/mol. The molecule has 1 aliphatic heterocycles. The Morgan fingerprint density at radius 1 is 1.46 bits per heavy atom. The third-order valence-corrected chi connectivity index (χ3v) is 6.06. The molecule has 128 valence electrons. The minimum Gasteiger partial charge on any atom is -0.360 e. The molecule has 2 heterocycles. The Kier molecular flexibility index (Phi) is 5.40. The van der Waals surface area contributed by atoms with Crippen molar-refractivity contribution in [2.24, 2.45) is 0 Å². The Hall–Kier alpha value is -1.60. The number of rotatable bonds is 6. The van der Waals surface area contributed by atoms with Crippen LogP contribution < -0.4 is 10.2 Å². The number of amides is 1. The number of hydrogen-bond donors (Lipinski definition) is 1. The summed E-state index contributed by atoms with van der Waals surface area (Å²) in [6.07, 6.45) is 1.96. The molecule has 2 atom stereocenters. The first-order chi connectivity index (χ1) is 11.6. The molecule has 0 saturated heterocycles. The Bertz CT molecular complexity index is 718. The Labute approximate surface area is 150 Å². The minimum atomic E-state index is -0.189. The molecule has 0 radical (unpaired) electrons. The van der Waals surface area contributed by atoms with Gasteiger partial charge in [0.05, 0.1) is 5.25 Å². The van der Waals surface area contributed by atoms with Crippen LogP contribution in [0.1, 0.15) is 32.8 Å². The van der Waals surface area contributed by atoms with Crippen LogP contribution in [0.5, 0.6) is 0 Å². The minimum absolute atomic E-state index is 0.135. The molecule has 0 fully saturated rings. The van der Waals surface area contributed by atoms with Crippen molar-refractivity contribution in [1.82, 2.24) is 10.2 Å². The van der Waals surface area contributed by atoms with Crippen molar-refractivity contribution in [2.45, 2.75) is 49.2 Å². The molecule has 0 saturated carbocycles. The highest BCUT2D eigenvalue weighted by Gasteiger charge is 2.33. The number of nitrogens with zero attached hydrogens (tertiary/aromatic N) is 3. The monoisotopic (exact) mass is 362 g/mol. The first-order valence-electron chi connectivity index (χ1n) is 8.25. The molecular formula is C17H22N4OS2. The summed E-state index contributed by atoms with van der Waals surface area (Å²) in [4.78, 5) is 14.9. The molecule has 2 aromatic rings. The van der Waals surface area contributed by atoms with E-state index in [4.69, 9.17) is 0 Å². The lowest BCUT2D eigenvalue weighted by atomic mass is 10.1. The van der Waals surface area contributed by atoms with Gasteiger partial charge in [-0.3, -0.25) is 4.79 Å². The van der Waals surface area contributed by atoms with Gasteiger partial charge in [-0.15, -0.1) is 10.2 Å². The number of carbonyl (C=O) groups is 1. The first kappa shape index (κ1) is 17.2. The van der Waals surface area contributed by atoms with E-state index in [1.54, 1.807) is 0 Å². The van der Waals surface area contributed by atoms with Gasteiger partial charge in [0.15, 0.2) is 4.34 Å². The summed E-state index contributed by atoms with van der Waals surface area (Å²) < 4.78 is 0.828. The average molecular weight is 363 g/mol. The van der Waals surface area contributed by atoms with E-state index in [-0.39, 0.29) is 17.2 Å². The fraction of sp³-hybridized carbons (Fsp3) is 0.471. The number of carbonyl (C=O) groups excluding carboxylic acids is 1. The van der Waals surface area contributed by atoms with E-state index in [9.17, 15) is 4.79 Å². The predicted molar refractivity (Wildman–Crippen MR) is 101 cm³/mol. The maximum absolute atomic E-state index is 12.9. The molecule has 0 bridgehead atoms. The SMILES string of the molecule is CCCNc1nnc(SC(C)C(=O)N2c3ccccc3CC2C)s1. The van der Waals surface area contributed by atoms with Crippen LogP contribution in [0.3, 0.4) is 0 Å². The summed E-state index contributed by atoms with van der Waals surface area (Å²) in [5, 5.41) is 12.2. The van der Waals surface area contributed by atoms with E-state index in [1.165, 1.54) is 28.7 Å². The van der Waals surface area contributed by atoms with E-state index in [0.29, 0.717) is 0 Å². The highest BCUT2D eigenvalue weighted by Crippen LogP contribution is 2.35. The van der Waals surface area contributed by atoms with Crippen molar-refractivity contribution in [3.05, 3.63) is 29.8 Å². The quantitative estimate of drug-likeness (QED) is 0.792. The van der Waals surface area contributed by atoms with Gasteiger partial charge in [-0.25, -0.2) is 0 Å². The van der Waals surface area contributed by atoms with Gasteiger partial charge in [0.2, 0.25) is 11.0 Å². The second-order valence-electron chi connectivity index (χ2n) is 5.95. The second-order valence-corrected chi connectivity index (χ2v) is 8.52. The van der Waals surface area contributed by atoms with Gasteiger partial charge >= 0.3 is 0 Å².